The van der Waals surface area contributed by atoms with Crippen molar-refractivity contribution in [1.82, 2.24) is 0 Å². The van der Waals surface area contributed by atoms with Crippen LogP contribution in [0, 0.1) is 0 Å². The molecule has 0 spiro atoms. The van der Waals surface area contributed by atoms with Gasteiger partial charge in [-0.3, -0.25) is 0 Å². The van der Waals surface area contributed by atoms with Gasteiger partial charge in [0, 0.05) is 0 Å². The lowest BCUT2D eigenvalue weighted by Gasteiger charge is -2.24. The van der Waals surface area contributed by atoms with Crippen LogP contribution in [0.4, 0.5) is 0 Å². The molecule has 0 aromatic heterocycles. The van der Waals surface area contributed by atoms with E-state index in [2.05, 4.69) is 0 Å². The van der Waals surface area contributed by atoms with Crippen LogP contribution in [0.15, 0.2) is 12.2 Å². The van der Waals surface area contributed by atoms with Gasteiger partial charge in [0.05, 0.1) is 19.1 Å². The van der Waals surface area contributed by atoms with E-state index in [9.17, 15) is 0 Å². The van der Waals surface area contributed by atoms with E-state index in [0.717, 1.165) is 0 Å². The number of alkyl halides is 1. The van der Waals surface area contributed by atoms with Crippen LogP contribution in [-0.2, 0) is 18.9 Å². The van der Waals surface area contributed by atoms with Gasteiger partial charge in [0.1, 0.15) is 11.7 Å². The van der Waals surface area contributed by atoms with E-state index in [1.54, 1.807) is 0 Å². The third-order valence-electron chi connectivity index (χ3n) is 2.98. The molecule has 0 aromatic carbocycles. The van der Waals surface area contributed by atoms with Crippen LogP contribution in [0.1, 0.15) is 27.7 Å². The Labute approximate surface area is 113 Å². The Bertz CT molecular complexity index is 340. The standard InChI is InChI=1S/C13H21ClO4/c1-11(2)15-7-10(17-11)5-6-13(8-14)9-16-12(3,4)18-13/h5-6,10H,7-9H2,1-4H3/t10-,13+/m0/s1. The zero-order valence-electron chi connectivity index (χ0n) is 11.4. The third-order valence-corrected chi connectivity index (χ3v) is 3.44. The molecule has 0 radical (unpaired) electrons. The van der Waals surface area contributed by atoms with Gasteiger partial charge in [0.15, 0.2) is 11.6 Å². The minimum absolute atomic E-state index is 0.0626. The topological polar surface area (TPSA) is 36.9 Å². The van der Waals surface area contributed by atoms with Crippen LogP contribution in [0.25, 0.3) is 0 Å². The SMILES string of the molecule is CC1(C)OC[C@H](C=C[C@@]2(CCl)COC(C)(C)O2)O1. The summed E-state index contributed by atoms with van der Waals surface area (Å²) >= 11 is 6.01. The first-order valence-corrected chi connectivity index (χ1v) is 6.71. The number of ether oxygens (including phenoxy) is 4. The second kappa shape index (κ2) is 4.76. The summed E-state index contributed by atoms with van der Waals surface area (Å²) in [6, 6.07) is 0. The molecular formula is C13H21ClO4. The fraction of sp³-hybridized carbons (Fsp3) is 0.846. The molecule has 2 aliphatic heterocycles. The molecule has 2 aliphatic rings. The van der Waals surface area contributed by atoms with Crippen molar-refractivity contribution in [3.63, 3.8) is 0 Å². The smallest absolute Gasteiger partial charge is 0.164 e. The Kier molecular flexibility index (Phi) is 3.78. The highest BCUT2D eigenvalue weighted by Crippen LogP contribution is 2.33. The van der Waals surface area contributed by atoms with Gasteiger partial charge in [-0.1, -0.05) is 12.2 Å². The van der Waals surface area contributed by atoms with Crippen molar-refractivity contribution < 1.29 is 18.9 Å². The second-order valence-electron chi connectivity index (χ2n) is 5.72. The van der Waals surface area contributed by atoms with E-state index in [4.69, 9.17) is 30.5 Å². The van der Waals surface area contributed by atoms with Crippen molar-refractivity contribution >= 4 is 11.6 Å². The first kappa shape index (κ1) is 14.3. The van der Waals surface area contributed by atoms with Crippen molar-refractivity contribution in [3.8, 4) is 0 Å². The highest BCUT2D eigenvalue weighted by atomic mass is 35.5. The highest BCUT2D eigenvalue weighted by Gasteiger charge is 2.43. The molecule has 0 aromatic rings. The van der Waals surface area contributed by atoms with Gasteiger partial charge in [0.25, 0.3) is 0 Å². The predicted molar refractivity (Wildman–Crippen MR) is 68.6 cm³/mol. The van der Waals surface area contributed by atoms with Crippen LogP contribution < -0.4 is 0 Å². The van der Waals surface area contributed by atoms with Crippen molar-refractivity contribution in [2.45, 2.75) is 51.0 Å². The van der Waals surface area contributed by atoms with Gasteiger partial charge < -0.3 is 18.9 Å². The lowest BCUT2D eigenvalue weighted by molar-refractivity contribution is -0.148. The molecule has 0 bridgehead atoms. The third kappa shape index (κ3) is 3.25. The molecule has 0 aliphatic carbocycles. The maximum Gasteiger partial charge on any atom is 0.164 e. The minimum atomic E-state index is -0.592. The summed E-state index contributed by atoms with van der Waals surface area (Å²) in [7, 11) is 0. The molecule has 0 unspecified atom stereocenters. The number of rotatable bonds is 3. The minimum Gasteiger partial charge on any atom is -0.347 e. The van der Waals surface area contributed by atoms with Crippen molar-refractivity contribution in [3.05, 3.63) is 12.2 Å². The van der Waals surface area contributed by atoms with E-state index in [0.29, 0.717) is 19.1 Å². The van der Waals surface area contributed by atoms with E-state index < -0.39 is 17.2 Å². The van der Waals surface area contributed by atoms with Crippen LogP contribution in [0.3, 0.4) is 0 Å². The van der Waals surface area contributed by atoms with Gasteiger partial charge in [-0.05, 0) is 27.7 Å². The van der Waals surface area contributed by atoms with Crippen molar-refractivity contribution in [1.29, 1.82) is 0 Å². The quantitative estimate of drug-likeness (QED) is 0.586. The molecule has 2 rings (SSSR count). The Morgan fingerprint density at radius 3 is 2.33 bits per heavy atom. The Morgan fingerprint density at radius 2 is 1.89 bits per heavy atom. The molecule has 0 saturated carbocycles. The monoisotopic (exact) mass is 276 g/mol. The van der Waals surface area contributed by atoms with Gasteiger partial charge >= 0.3 is 0 Å². The highest BCUT2D eigenvalue weighted by molar-refractivity contribution is 6.18. The zero-order chi connectivity index (χ0) is 13.4. The molecule has 2 saturated heterocycles. The summed E-state index contributed by atoms with van der Waals surface area (Å²) < 4.78 is 22.6. The molecule has 18 heavy (non-hydrogen) atoms. The second-order valence-corrected chi connectivity index (χ2v) is 5.98. The van der Waals surface area contributed by atoms with E-state index in [-0.39, 0.29) is 6.10 Å². The van der Waals surface area contributed by atoms with Crippen LogP contribution >= 0.6 is 11.6 Å². The van der Waals surface area contributed by atoms with E-state index >= 15 is 0 Å². The molecular weight excluding hydrogens is 256 g/mol. The first-order chi connectivity index (χ1) is 8.26. The fourth-order valence-corrected chi connectivity index (χ4v) is 2.35. The van der Waals surface area contributed by atoms with Gasteiger partial charge in [-0.25, -0.2) is 0 Å². The lowest BCUT2D eigenvalue weighted by atomic mass is 10.1. The summed E-state index contributed by atoms with van der Waals surface area (Å²) in [4.78, 5) is 0. The predicted octanol–water partition coefficient (Wildman–Crippen LogP) is 2.45. The Balaban J connectivity index is 1.99. The number of halogens is 1. The average molecular weight is 277 g/mol. The molecule has 0 N–H and O–H groups in total. The molecule has 104 valence electrons. The lowest BCUT2D eigenvalue weighted by Crippen LogP contribution is -2.34. The molecule has 4 nitrogen and oxygen atoms in total. The Hall–Kier alpha value is -0.130. The maximum absolute atomic E-state index is 6.01. The fourth-order valence-electron chi connectivity index (χ4n) is 2.13. The van der Waals surface area contributed by atoms with E-state index in [1.165, 1.54) is 0 Å². The van der Waals surface area contributed by atoms with Crippen LogP contribution in [0.5, 0.6) is 0 Å². The molecule has 0 amide bonds. The number of hydrogen-bond donors (Lipinski definition) is 0. The average Bonchev–Trinajstić information content (AvgIpc) is 2.77. The molecule has 2 atom stereocenters. The van der Waals surface area contributed by atoms with Crippen molar-refractivity contribution in [2.24, 2.45) is 0 Å². The van der Waals surface area contributed by atoms with Gasteiger partial charge in [-0.2, -0.15) is 0 Å². The summed E-state index contributed by atoms with van der Waals surface area (Å²) in [5.74, 6) is -0.759. The van der Waals surface area contributed by atoms with E-state index in [1.807, 2.05) is 39.8 Å². The number of hydrogen-bond acceptors (Lipinski definition) is 4. The van der Waals surface area contributed by atoms with Crippen LogP contribution in [0.2, 0.25) is 0 Å². The summed E-state index contributed by atoms with van der Waals surface area (Å²) in [5.41, 5.74) is -0.568. The van der Waals surface area contributed by atoms with Crippen molar-refractivity contribution in [2.75, 3.05) is 19.1 Å². The first-order valence-electron chi connectivity index (χ1n) is 6.17. The maximum atomic E-state index is 6.01. The van der Waals surface area contributed by atoms with Gasteiger partial charge in [0.2, 0.25) is 0 Å². The molecule has 2 heterocycles. The summed E-state index contributed by atoms with van der Waals surface area (Å²) in [6.07, 6.45) is 3.82. The summed E-state index contributed by atoms with van der Waals surface area (Å²) in [6.45, 7) is 8.57. The molecule has 2 fully saturated rings. The zero-order valence-corrected chi connectivity index (χ0v) is 12.1. The normalized spacial score (nSPS) is 38.6. The van der Waals surface area contributed by atoms with Gasteiger partial charge in [-0.15, -0.1) is 11.6 Å². The van der Waals surface area contributed by atoms with Crippen LogP contribution in [-0.4, -0.2) is 42.4 Å². The Morgan fingerprint density at radius 1 is 1.17 bits per heavy atom. The summed E-state index contributed by atoms with van der Waals surface area (Å²) in [5, 5.41) is 0. The molecule has 5 heteroatoms. The largest absolute Gasteiger partial charge is 0.347 e.